The first-order valence-electron chi connectivity index (χ1n) is 9.63. The fourth-order valence-electron chi connectivity index (χ4n) is 3.50. The molecule has 1 saturated heterocycles. The summed E-state index contributed by atoms with van der Waals surface area (Å²) in [5.41, 5.74) is 7.51. The highest BCUT2D eigenvalue weighted by Gasteiger charge is 2.21. The lowest BCUT2D eigenvalue weighted by molar-refractivity contribution is 0.387. The number of halogens is 1. The zero-order valence-electron chi connectivity index (χ0n) is 16.7. The Labute approximate surface area is 174 Å². The first kappa shape index (κ1) is 21.2. The van der Waals surface area contributed by atoms with Crippen LogP contribution >= 0.6 is 11.3 Å². The maximum Gasteiger partial charge on any atom is 0.173 e. The lowest BCUT2D eigenvalue weighted by atomic mass is 9.97. The Morgan fingerprint density at radius 2 is 2.14 bits per heavy atom. The average molecular weight is 418 g/mol. The maximum absolute atomic E-state index is 13.3. The van der Waals surface area contributed by atoms with Gasteiger partial charge in [-0.15, -0.1) is 11.3 Å². The van der Waals surface area contributed by atoms with Gasteiger partial charge in [0.2, 0.25) is 0 Å². The van der Waals surface area contributed by atoms with Gasteiger partial charge >= 0.3 is 0 Å². The van der Waals surface area contributed by atoms with E-state index in [1.54, 1.807) is 24.5 Å². The monoisotopic (exact) mass is 417 g/mol. The van der Waals surface area contributed by atoms with Gasteiger partial charge in [-0.25, -0.2) is 15.2 Å². The van der Waals surface area contributed by atoms with Gasteiger partial charge in [-0.3, -0.25) is 5.01 Å². The number of nitrogen functional groups attached to an aromatic ring is 1. The number of thiophene rings is 1. The van der Waals surface area contributed by atoms with Crippen LogP contribution in [0, 0.1) is 0 Å². The number of anilines is 1. The molecule has 7 N–H and O–H groups in total. The first-order chi connectivity index (χ1) is 13.9. The lowest BCUT2D eigenvalue weighted by Gasteiger charge is -2.25. The van der Waals surface area contributed by atoms with E-state index in [4.69, 9.17) is 17.4 Å². The van der Waals surface area contributed by atoms with Gasteiger partial charge in [-0.1, -0.05) is 0 Å². The summed E-state index contributed by atoms with van der Waals surface area (Å²) in [6.07, 6.45) is 5.41. The topological polar surface area (TPSA) is 119 Å². The van der Waals surface area contributed by atoms with Gasteiger partial charge in [0, 0.05) is 21.5 Å². The Balaban J connectivity index is 1.89. The van der Waals surface area contributed by atoms with Crippen molar-refractivity contribution in [2.24, 2.45) is 16.8 Å². The van der Waals surface area contributed by atoms with Gasteiger partial charge in [0.1, 0.15) is 5.82 Å². The fraction of sp³-hybridized carbons (Fsp3) is 0.400. The summed E-state index contributed by atoms with van der Waals surface area (Å²) in [4.78, 5) is 6.79. The molecule has 2 aromatic heterocycles. The molecule has 0 aromatic carbocycles. The van der Waals surface area contributed by atoms with E-state index < -0.39 is 6.04 Å². The third-order valence-corrected chi connectivity index (χ3v) is 6.39. The number of hydrazine groups is 1. The molecular formula is C20H28FN7S. The quantitative estimate of drug-likeness (QED) is 0.257. The van der Waals surface area contributed by atoms with Crippen LogP contribution in [-0.4, -0.2) is 35.0 Å². The van der Waals surface area contributed by atoms with Crippen LogP contribution in [-0.2, 0) is 0 Å². The van der Waals surface area contributed by atoms with Crippen molar-refractivity contribution >= 4 is 23.0 Å². The van der Waals surface area contributed by atoms with Crippen molar-refractivity contribution in [1.29, 1.82) is 0 Å². The molecule has 0 bridgehead atoms. The zero-order valence-corrected chi connectivity index (χ0v) is 17.5. The van der Waals surface area contributed by atoms with Crippen LogP contribution in [0.25, 0.3) is 10.4 Å². The van der Waals surface area contributed by atoms with Gasteiger partial charge in [0.25, 0.3) is 0 Å². The van der Waals surface area contributed by atoms with Crippen LogP contribution in [0.4, 0.5) is 10.2 Å². The van der Waals surface area contributed by atoms with E-state index in [-0.39, 0.29) is 17.5 Å². The summed E-state index contributed by atoms with van der Waals surface area (Å²) in [5.74, 6) is 12.5. The number of piperidine rings is 1. The fourth-order valence-corrected chi connectivity index (χ4v) is 4.66. The molecule has 0 radical (unpaired) electrons. The highest BCUT2D eigenvalue weighted by molar-refractivity contribution is 7.15. The smallest absolute Gasteiger partial charge is 0.173 e. The summed E-state index contributed by atoms with van der Waals surface area (Å²) in [5, 5.41) is 8.49. The van der Waals surface area contributed by atoms with Crippen LogP contribution in [0.15, 0.2) is 41.4 Å². The molecule has 1 atom stereocenters. The second kappa shape index (κ2) is 9.34. The third-order valence-electron chi connectivity index (χ3n) is 5.09. The lowest BCUT2D eigenvalue weighted by Crippen LogP contribution is -2.44. The first-order valence-corrected chi connectivity index (χ1v) is 10.4. The molecule has 7 nitrogen and oxygen atoms in total. The predicted molar refractivity (Wildman–Crippen MR) is 118 cm³/mol. The van der Waals surface area contributed by atoms with Crippen LogP contribution in [0.5, 0.6) is 0 Å². The Hall–Kier alpha value is -2.49. The average Bonchev–Trinajstić information content (AvgIpc) is 3.20. The summed E-state index contributed by atoms with van der Waals surface area (Å²) >= 11 is 1.77. The van der Waals surface area contributed by atoms with Gasteiger partial charge in [-0.2, -0.15) is 5.10 Å². The van der Waals surface area contributed by atoms with Gasteiger partial charge in [0.15, 0.2) is 5.84 Å². The molecule has 1 fully saturated rings. The van der Waals surface area contributed by atoms with Crippen LogP contribution in [0.3, 0.4) is 0 Å². The van der Waals surface area contributed by atoms with Gasteiger partial charge in [0.05, 0.1) is 17.4 Å². The zero-order chi connectivity index (χ0) is 21.0. The summed E-state index contributed by atoms with van der Waals surface area (Å²) < 4.78 is 13.3. The number of rotatable bonds is 5. The number of hydrazone groups is 1. The van der Waals surface area contributed by atoms with E-state index in [1.165, 1.54) is 22.9 Å². The highest BCUT2D eigenvalue weighted by atomic mass is 32.1. The molecule has 0 aliphatic carbocycles. The van der Waals surface area contributed by atoms with Crippen molar-refractivity contribution in [3.8, 4) is 10.4 Å². The second-order valence-electron chi connectivity index (χ2n) is 7.24. The molecule has 3 rings (SSSR count). The number of allylic oxidation sites excluding steroid dienone is 1. The van der Waals surface area contributed by atoms with Crippen LogP contribution in [0.1, 0.15) is 43.0 Å². The van der Waals surface area contributed by atoms with E-state index in [1.807, 2.05) is 6.07 Å². The molecule has 0 spiro atoms. The molecule has 1 unspecified atom stereocenters. The Morgan fingerprint density at radius 1 is 1.41 bits per heavy atom. The van der Waals surface area contributed by atoms with Crippen molar-refractivity contribution in [2.45, 2.75) is 38.6 Å². The molecule has 0 saturated carbocycles. The standard InChI is InChI=1S/C20H28FN7S/c1-12(21)9-13(2)28(24)20(27-23)16-10-15(11-26-19(16)22)18-4-3-17(29-18)14-5-7-25-8-6-14/h3-4,9-11,13-14,25H,5-8,23-24H2,1-2H3,(H2,22,26)/b12-9+,27-20-. The molecule has 1 aliphatic rings. The molecule has 0 amide bonds. The summed E-state index contributed by atoms with van der Waals surface area (Å²) in [6.45, 7) is 5.21. The molecular weight excluding hydrogens is 389 g/mol. The van der Waals surface area contributed by atoms with Crippen molar-refractivity contribution in [2.75, 3.05) is 18.8 Å². The number of nitrogens with two attached hydrogens (primary N) is 3. The second-order valence-corrected chi connectivity index (χ2v) is 8.35. The number of hydrogen-bond acceptors (Lipinski definition) is 7. The van der Waals surface area contributed by atoms with Crippen molar-refractivity contribution in [3.05, 3.63) is 46.7 Å². The number of pyridine rings is 1. The van der Waals surface area contributed by atoms with E-state index >= 15 is 0 Å². The number of nitrogens with one attached hydrogen (secondary N) is 1. The number of aromatic nitrogens is 1. The number of nitrogens with zero attached hydrogens (tertiary/aromatic N) is 3. The minimum Gasteiger partial charge on any atom is -0.383 e. The van der Waals surface area contributed by atoms with E-state index in [9.17, 15) is 4.39 Å². The van der Waals surface area contributed by atoms with Gasteiger partial charge in [-0.05, 0) is 70.0 Å². The predicted octanol–water partition coefficient (Wildman–Crippen LogP) is 2.92. The molecule has 1 aliphatic heterocycles. The van der Waals surface area contributed by atoms with E-state index in [0.717, 1.165) is 36.4 Å². The van der Waals surface area contributed by atoms with Crippen molar-refractivity contribution in [1.82, 2.24) is 15.3 Å². The Morgan fingerprint density at radius 3 is 2.79 bits per heavy atom. The van der Waals surface area contributed by atoms with Crippen molar-refractivity contribution < 1.29 is 4.39 Å². The minimum atomic E-state index is -0.460. The maximum atomic E-state index is 13.3. The number of amidine groups is 1. The minimum absolute atomic E-state index is 0.247. The van der Waals surface area contributed by atoms with Crippen LogP contribution < -0.4 is 22.7 Å². The molecule has 9 heteroatoms. The molecule has 29 heavy (non-hydrogen) atoms. The molecule has 3 heterocycles. The third kappa shape index (κ3) is 4.92. The summed E-state index contributed by atoms with van der Waals surface area (Å²) in [7, 11) is 0. The molecule has 2 aromatic rings. The Kier molecular flexibility index (Phi) is 6.83. The highest BCUT2D eigenvalue weighted by Crippen LogP contribution is 2.36. The Bertz CT molecular complexity index is 898. The van der Waals surface area contributed by atoms with Crippen molar-refractivity contribution in [3.63, 3.8) is 0 Å². The van der Waals surface area contributed by atoms with E-state index in [0.29, 0.717) is 11.5 Å². The molecule has 156 valence electrons. The SMILES string of the molecule is C/C(F)=C\C(C)N(N)/C(=N\N)c1cc(-c2ccc(C3CCNCC3)s2)cnc1N. The van der Waals surface area contributed by atoms with Gasteiger partial charge < -0.3 is 16.9 Å². The van der Waals surface area contributed by atoms with E-state index in [2.05, 4.69) is 27.5 Å². The largest absolute Gasteiger partial charge is 0.383 e. The number of hydrogen-bond donors (Lipinski definition) is 4. The summed E-state index contributed by atoms with van der Waals surface area (Å²) in [6, 6.07) is 5.72. The van der Waals surface area contributed by atoms with Crippen LogP contribution in [0.2, 0.25) is 0 Å². The normalized spacial score (nSPS) is 17.4.